The van der Waals surface area contributed by atoms with Crippen molar-refractivity contribution in [3.8, 4) is 0 Å². The molecule has 2 bridgehead atoms. The van der Waals surface area contributed by atoms with Gasteiger partial charge in [-0.2, -0.15) is 0 Å². The normalized spacial score (nSPS) is 31.6. The highest BCUT2D eigenvalue weighted by Gasteiger charge is 2.42. The van der Waals surface area contributed by atoms with E-state index in [1.165, 1.54) is 31.6 Å². The summed E-state index contributed by atoms with van der Waals surface area (Å²) >= 11 is 0. The van der Waals surface area contributed by atoms with Crippen LogP contribution in [-0.4, -0.2) is 41.0 Å². The second-order valence-electron chi connectivity index (χ2n) is 6.10. The van der Waals surface area contributed by atoms with E-state index < -0.39 is 0 Å². The Morgan fingerprint density at radius 2 is 2.00 bits per heavy atom. The van der Waals surface area contributed by atoms with Crippen LogP contribution in [0.25, 0.3) is 0 Å². The first kappa shape index (κ1) is 11.2. The topological polar surface area (TPSA) is 6.48 Å². The van der Waals surface area contributed by atoms with Crippen molar-refractivity contribution in [2.45, 2.75) is 38.4 Å². The van der Waals surface area contributed by atoms with Crippen molar-refractivity contribution in [1.82, 2.24) is 9.80 Å². The molecular weight excluding hydrogens is 208 g/mol. The average molecular weight is 230 g/mol. The molecule has 2 fully saturated rings. The summed E-state index contributed by atoms with van der Waals surface area (Å²) in [7, 11) is 0. The monoisotopic (exact) mass is 230 g/mol. The molecule has 0 amide bonds. The molecule has 3 rings (SSSR count). The van der Waals surface area contributed by atoms with Crippen LogP contribution in [0.15, 0.2) is 30.3 Å². The van der Waals surface area contributed by atoms with Crippen molar-refractivity contribution in [3.63, 3.8) is 0 Å². The largest absolute Gasteiger partial charge is 0.300 e. The molecule has 2 saturated heterocycles. The third-order valence-corrected chi connectivity index (χ3v) is 4.27. The third kappa shape index (κ3) is 2.12. The van der Waals surface area contributed by atoms with Gasteiger partial charge in [0.25, 0.3) is 0 Å². The highest BCUT2D eigenvalue weighted by molar-refractivity contribution is 5.16. The first-order chi connectivity index (χ1) is 8.15. The van der Waals surface area contributed by atoms with E-state index >= 15 is 0 Å². The minimum atomic E-state index is 0.315. The summed E-state index contributed by atoms with van der Waals surface area (Å²) in [6, 6.07) is 11.6. The number of rotatable bonds is 2. The fourth-order valence-corrected chi connectivity index (χ4v) is 3.47. The summed E-state index contributed by atoms with van der Waals surface area (Å²) in [5, 5.41) is 0. The lowest BCUT2D eigenvalue weighted by molar-refractivity contribution is 0.00857. The van der Waals surface area contributed by atoms with E-state index in [9.17, 15) is 0 Å². The Hall–Kier alpha value is -0.860. The van der Waals surface area contributed by atoms with Crippen molar-refractivity contribution < 1.29 is 0 Å². The molecule has 2 heteroatoms. The van der Waals surface area contributed by atoms with Gasteiger partial charge in [-0.25, -0.2) is 0 Å². The van der Waals surface area contributed by atoms with Gasteiger partial charge >= 0.3 is 0 Å². The minimum Gasteiger partial charge on any atom is -0.300 e. The van der Waals surface area contributed by atoms with E-state index in [-0.39, 0.29) is 0 Å². The zero-order valence-corrected chi connectivity index (χ0v) is 10.9. The van der Waals surface area contributed by atoms with E-state index in [0.717, 1.165) is 12.6 Å². The van der Waals surface area contributed by atoms with Gasteiger partial charge in [-0.3, -0.25) is 9.80 Å². The predicted octanol–water partition coefficient (Wildman–Crippen LogP) is 2.36. The number of benzene rings is 1. The summed E-state index contributed by atoms with van der Waals surface area (Å²) in [5.74, 6) is 0. The molecule has 0 radical (unpaired) electrons. The molecule has 0 saturated carbocycles. The Balaban J connectivity index is 1.81. The predicted molar refractivity (Wildman–Crippen MR) is 70.9 cm³/mol. The van der Waals surface area contributed by atoms with Crippen LogP contribution in [0.2, 0.25) is 0 Å². The van der Waals surface area contributed by atoms with Crippen molar-refractivity contribution >= 4 is 0 Å². The van der Waals surface area contributed by atoms with Crippen molar-refractivity contribution in [3.05, 3.63) is 35.9 Å². The zero-order chi connectivity index (χ0) is 11.9. The van der Waals surface area contributed by atoms with Gasteiger partial charge in [-0.15, -0.1) is 0 Å². The van der Waals surface area contributed by atoms with Gasteiger partial charge in [-0.1, -0.05) is 30.3 Å². The Morgan fingerprint density at radius 1 is 1.24 bits per heavy atom. The van der Waals surface area contributed by atoms with Crippen LogP contribution >= 0.6 is 0 Å². The maximum absolute atomic E-state index is 2.71. The van der Waals surface area contributed by atoms with Gasteiger partial charge in [0, 0.05) is 31.2 Å². The van der Waals surface area contributed by atoms with E-state index in [1.54, 1.807) is 0 Å². The number of fused-ring (bicyclic) bond motifs is 2. The summed E-state index contributed by atoms with van der Waals surface area (Å²) in [6.07, 6.45) is 1.34. The average Bonchev–Trinajstić information content (AvgIpc) is 2.69. The fourth-order valence-electron chi connectivity index (χ4n) is 3.47. The van der Waals surface area contributed by atoms with Crippen molar-refractivity contribution in [2.24, 2.45) is 0 Å². The maximum atomic E-state index is 2.71. The molecule has 1 aromatic rings. The van der Waals surface area contributed by atoms with Crippen molar-refractivity contribution in [1.29, 1.82) is 0 Å². The Morgan fingerprint density at radius 3 is 2.76 bits per heavy atom. The molecule has 2 aliphatic heterocycles. The van der Waals surface area contributed by atoms with E-state index in [0.29, 0.717) is 5.54 Å². The quantitative estimate of drug-likeness (QED) is 0.769. The molecular formula is C15H22N2. The van der Waals surface area contributed by atoms with Crippen LogP contribution < -0.4 is 0 Å². The molecule has 0 spiro atoms. The molecule has 2 nitrogen and oxygen atoms in total. The lowest BCUT2D eigenvalue weighted by atomic mass is 9.96. The van der Waals surface area contributed by atoms with Crippen LogP contribution in [0.3, 0.4) is 0 Å². The minimum absolute atomic E-state index is 0.315. The Labute approximate surface area is 104 Å². The number of nitrogens with zero attached hydrogens (tertiary/aromatic N) is 2. The Bertz CT molecular complexity index is 385. The van der Waals surface area contributed by atoms with Crippen LogP contribution in [0.4, 0.5) is 0 Å². The number of hydrogen-bond donors (Lipinski definition) is 0. The number of hydrogen-bond acceptors (Lipinski definition) is 2. The molecule has 1 aromatic carbocycles. The fraction of sp³-hybridized carbons (Fsp3) is 0.600. The summed E-state index contributed by atoms with van der Waals surface area (Å²) in [6.45, 7) is 9.67. The molecule has 2 heterocycles. The van der Waals surface area contributed by atoms with Gasteiger partial charge < -0.3 is 0 Å². The number of piperazine rings is 1. The van der Waals surface area contributed by atoms with Crippen LogP contribution in [0, 0.1) is 0 Å². The SMILES string of the molecule is CC1(C)CN2CCC(C2)N1Cc1ccccc1. The molecule has 0 aliphatic carbocycles. The van der Waals surface area contributed by atoms with Crippen LogP contribution in [0.1, 0.15) is 25.8 Å². The van der Waals surface area contributed by atoms with Crippen LogP contribution in [0.5, 0.6) is 0 Å². The highest BCUT2D eigenvalue weighted by Crippen LogP contribution is 2.32. The first-order valence-electron chi connectivity index (χ1n) is 6.68. The van der Waals surface area contributed by atoms with Gasteiger partial charge in [0.1, 0.15) is 0 Å². The van der Waals surface area contributed by atoms with Crippen LogP contribution in [-0.2, 0) is 6.54 Å². The van der Waals surface area contributed by atoms with Gasteiger partial charge in [0.15, 0.2) is 0 Å². The smallest absolute Gasteiger partial charge is 0.0287 e. The van der Waals surface area contributed by atoms with Gasteiger partial charge in [-0.05, 0) is 32.4 Å². The lowest BCUT2D eigenvalue weighted by Gasteiger charge is -2.47. The highest BCUT2D eigenvalue weighted by atomic mass is 15.4. The van der Waals surface area contributed by atoms with E-state index in [2.05, 4.69) is 54.0 Å². The Kier molecular flexibility index (Phi) is 2.72. The molecule has 92 valence electrons. The second-order valence-corrected chi connectivity index (χ2v) is 6.10. The molecule has 2 atom stereocenters. The lowest BCUT2D eigenvalue weighted by Crippen LogP contribution is -2.59. The second kappa shape index (κ2) is 4.11. The summed E-state index contributed by atoms with van der Waals surface area (Å²) in [5.41, 5.74) is 1.76. The molecule has 17 heavy (non-hydrogen) atoms. The zero-order valence-electron chi connectivity index (χ0n) is 10.9. The van der Waals surface area contributed by atoms with Gasteiger partial charge in [0.2, 0.25) is 0 Å². The third-order valence-electron chi connectivity index (χ3n) is 4.27. The van der Waals surface area contributed by atoms with Gasteiger partial charge in [0.05, 0.1) is 0 Å². The van der Waals surface area contributed by atoms with E-state index in [1.807, 2.05) is 0 Å². The first-order valence-corrected chi connectivity index (χ1v) is 6.68. The van der Waals surface area contributed by atoms with Crippen molar-refractivity contribution in [2.75, 3.05) is 19.6 Å². The molecule has 2 unspecified atom stereocenters. The molecule has 2 aliphatic rings. The summed E-state index contributed by atoms with van der Waals surface area (Å²) in [4.78, 5) is 5.33. The summed E-state index contributed by atoms with van der Waals surface area (Å²) < 4.78 is 0. The van der Waals surface area contributed by atoms with E-state index in [4.69, 9.17) is 0 Å². The maximum Gasteiger partial charge on any atom is 0.0287 e. The standard InChI is InChI=1S/C15H22N2/c1-15(2)12-16-9-8-14(11-16)17(15)10-13-6-4-3-5-7-13/h3-7,14H,8-12H2,1-2H3. The molecule has 0 N–H and O–H groups in total. The molecule has 0 aromatic heterocycles.